The van der Waals surface area contributed by atoms with Gasteiger partial charge in [0, 0.05) is 17.8 Å². The Morgan fingerprint density at radius 2 is 1.96 bits per heavy atom. The average Bonchev–Trinajstić information content (AvgIpc) is 3.08. The number of ether oxygens (including phenoxy) is 1. The molecule has 1 aromatic heterocycles. The van der Waals surface area contributed by atoms with Gasteiger partial charge in [0.1, 0.15) is 5.75 Å². The van der Waals surface area contributed by atoms with Gasteiger partial charge in [-0.05, 0) is 37.1 Å². The summed E-state index contributed by atoms with van der Waals surface area (Å²) >= 11 is 0. The van der Waals surface area contributed by atoms with E-state index in [0.29, 0.717) is 17.4 Å². The van der Waals surface area contributed by atoms with E-state index in [2.05, 4.69) is 10.6 Å². The van der Waals surface area contributed by atoms with E-state index in [1.165, 1.54) is 6.26 Å². The van der Waals surface area contributed by atoms with E-state index >= 15 is 0 Å². The van der Waals surface area contributed by atoms with Crippen molar-refractivity contribution in [3.63, 3.8) is 0 Å². The van der Waals surface area contributed by atoms with Crippen molar-refractivity contribution in [2.24, 2.45) is 5.92 Å². The predicted octanol–water partition coefficient (Wildman–Crippen LogP) is 3.07. The van der Waals surface area contributed by atoms with Gasteiger partial charge >= 0.3 is 0 Å². The van der Waals surface area contributed by atoms with Crippen LogP contribution in [0.4, 0.5) is 5.69 Å². The van der Waals surface area contributed by atoms with Gasteiger partial charge in [0.2, 0.25) is 0 Å². The molecule has 2 rings (SSSR count). The molecule has 1 heterocycles. The minimum Gasteiger partial charge on any atom is -0.484 e. The highest BCUT2D eigenvalue weighted by molar-refractivity contribution is 6.02. The lowest BCUT2D eigenvalue weighted by atomic mass is 10.1. The van der Waals surface area contributed by atoms with Gasteiger partial charge in [-0.25, -0.2) is 0 Å². The Hall–Kier alpha value is -2.76. The van der Waals surface area contributed by atoms with Gasteiger partial charge in [0.25, 0.3) is 11.8 Å². The number of carbonyl (C=O) groups is 2. The van der Waals surface area contributed by atoms with Crippen molar-refractivity contribution in [3.8, 4) is 5.75 Å². The number of benzene rings is 1. The van der Waals surface area contributed by atoms with Crippen molar-refractivity contribution in [1.29, 1.82) is 0 Å². The third kappa shape index (κ3) is 5.15. The van der Waals surface area contributed by atoms with E-state index in [0.717, 1.165) is 0 Å². The maximum Gasteiger partial charge on any atom is 0.291 e. The number of anilines is 1. The van der Waals surface area contributed by atoms with E-state index in [4.69, 9.17) is 9.15 Å². The molecule has 24 heavy (non-hydrogen) atoms. The second-order valence-electron chi connectivity index (χ2n) is 5.85. The molecule has 1 aromatic carbocycles. The van der Waals surface area contributed by atoms with E-state index in [-0.39, 0.29) is 30.2 Å². The highest BCUT2D eigenvalue weighted by Gasteiger charge is 2.12. The fourth-order valence-corrected chi connectivity index (χ4v) is 1.88. The highest BCUT2D eigenvalue weighted by Crippen LogP contribution is 2.18. The third-order valence-corrected chi connectivity index (χ3v) is 3.60. The lowest BCUT2D eigenvalue weighted by molar-refractivity contribution is -0.124. The molecule has 2 N–H and O–H groups in total. The predicted molar refractivity (Wildman–Crippen MR) is 91.0 cm³/mol. The van der Waals surface area contributed by atoms with Crippen LogP contribution in [0.1, 0.15) is 31.3 Å². The lowest BCUT2D eigenvalue weighted by Gasteiger charge is -2.17. The summed E-state index contributed by atoms with van der Waals surface area (Å²) in [5.74, 6) is 0.555. The molecule has 2 amide bonds. The number of amides is 2. The first-order chi connectivity index (χ1) is 11.5. The smallest absolute Gasteiger partial charge is 0.291 e. The second-order valence-corrected chi connectivity index (χ2v) is 5.85. The molecule has 128 valence electrons. The summed E-state index contributed by atoms with van der Waals surface area (Å²) in [7, 11) is 0. The van der Waals surface area contributed by atoms with Crippen LogP contribution in [0.3, 0.4) is 0 Å². The summed E-state index contributed by atoms with van der Waals surface area (Å²) < 4.78 is 10.5. The van der Waals surface area contributed by atoms with Crippen LogP contribution in [0.15, 0.2) is 47.1 Å². The second kappa shape index (κ2) is 8.19. The number of hydrogen-bond donors (Lipinski definition) is 2. The minimum absolute atomic E-state index is 0.0767. The fourth-order valence-electron chi connectivity index (χ4n) is 1.88. The van der Waals surface area contributed by atoms with E-state index in [1.807, 2.05) is 20.8 Å². The zero-order valence-electron chi connectivity index (χ0n) is 14.0. The van der Waals surface area contributed by atoms with Crippen molar-refractivity contribution in [3.05, 3.63) is 48.4 Å². The average molecular weight is 330 g/mol. The lowest BCUT2D eigenvalue weighted by Crippen LogP contribution is -2.38. The summed E-state index contributed by atoms with van der Waals surface area (Å²) in [5.41, 5.74) is 0.560. The molecule has 0 aliphatic rings. The molecule has 0 bridgehead atoms. The molecule has 0 radical (unpaired) electrons. The highest BCUT2D eigenvalue weighted by atomic mass is 16.5. The summed E-state index contributed by atoms with van der Waals surface area (Å²) in [6, 6.07) is 10.2. The van der Waals surface area contributed by atoms with Crippen LogP contribution in [0.2, 0.25) is 0 Å². The molecule has 1 atom stereocenters. The van der Waals surface area contributed by atoms with Gasteiger partial charge in [-0.1, -0.05) is 19.9 Å². The molecule has 0 aliphatic carbocycles. The van der Waals surface area contributed by atoms with Crippen LogP contribution < -0.4 is 15.4 Å². The minimum atomic E-state index is -0.347. The Kier molecular flexibility index (Phi) is 6.01. The van der Waals surface area contributed by atoms with Crippen LogP contribution in [-0.2, 0) is 4.79 Å². The number of hydrogen-bond acceptors (Lipinski definition) is 4. The van der Waals surface area contributed by atoms with Crippen LogP contribution in [0.25, 0.3) is 0 Å². The van der Waals surface area contributed by atoms with Gasteiger partial charge in [-0.3, -0.25) is 9.59 Å². The van der Waals surface area contributed by atoms with E-state index in [9.17, 15) is 9.59 Å². The first kappa shape index (κ1) is 17.6. The topological polar surface area (TPSA) is 80.6 Å². The summed E-state index contributed by atoms with van der Waals surface area (Å²) in [6.45, 7) is 5.95. The van der Waals surface area contributed by atoms with Crippen LogP contribution in [-0.4, -0.2) is 24.5 Å². The van der Waals surface area contributed by atoms with Crippen molar-refractivity contribution in [1.82, 2.24) is 5.32 Å². The van der Waals surface area contributed by atoms with Gasteiger partial charge in [-0.15, -0.1) is 0 Å². The Morgan fingerprint density at radius 3 is 2.62 bits per heavy atom. The molecule has 0 saturated heterocycles. The Labute approximate surface area is 141 Å². The zero-order valence-corrected chi connectivity index (χ0v) is 14.0. The molecule has 6 heteroatoms. The van der Waals surface area contributed by atoms with Gasteiger partial charge in [0.15, 0.2) is 12.4 Å². The SMILES string of the molecule is CC(C)C(C)NC(=O)COc1cccc(NC(=O)c2ccco2)c1. The standard InChI is InChI=1S/C18H22N2O4/c1-12(2)13(3)19-17(21)11-24-15-7-4-6-14(10-15)20-18(22)16-8-5-9-23-16/h4-10,12-13H,11H2,1-3H3,(H,19,21)(H,20,22). The molecule has 0 spiro atoms. The normalized spacial score (nSPS) is 11.8. The summed E-state index contributed by atoms with van der Waals surface area (Å²) in [5, 5.41) is 5.58. The molecule has 0 fully saturated rings. The maximum atomic E-state index is 11.9. The Morgan fingerprint density at radius 1 is 1.17 bits per heavy atom. The number of rotatable bonds is 7. The third-order valence-electron chi connectivity index (χ3n) is 3.60. The van der Waals surface area contributed by atoms with Gasteiger partial charge < -0.3 is 19.8 Å². The Balaban J connectivity index is 1.88. The molecule has 0 aliphatic heterocycles. The van der Waals surface area contributed by atoms with Crippen LogP contribution >= 0.6 is 0 Å². The van der Waals surface area contributed by atoms with E-state index in [1.54, 1.807) is 36.4 Å². The number of nitrogens with one attached hydrogen (secondary N) is 2. The first-order valence-electron chi connectivity index (χ1n) is 7.83. The molecule has 1 unspecified atom stereocenters. The molecule has 6 nitrogen and oxygen atoms in total. The molecule has 2 aromatic rings. The van der Waals surface area contributed by atoms with Crippen molar-refractivity contribution in [2.45, 2.75) is 26.8 Å². The molecular weight excluding hydrogens is 308 g/mol. The summed E-state index contributed by atoms with van der Waals surface area (Å²) in [6.07, 6.45) is 1.44. The first-order valence-corrected chi connectivity index (χ1v) is 7.83. The maximum absolute atomic E-state index is 11.9. The van der Waals surface area contributed by atoms with Crippen LogP contribution in [0.5, 0.6) is 5.75 Å². The van der Waals surface area contributed by atoms with Crippen molar-refractivity contribution in [2.75, 3.05) is 11.9 Å². The van der Waals surface area contributed by atoms with Gasteiger partial charge in [-0.2, -0.15) is 0 Å². The quantitative estimate of drug-likeness (QED) is 0.817. The number of carbonyl (C=O) groups excluding carboxylic acids is 2. The van der Waals surface area contributed by atoms with Crippen molar-refractivity contribution < 1.29 is 18.7 Å². The largest absolute Gasteiger partial charge is 0.484 e. The fraction of sp³-hybridized carbons (Fsp3) is 0.333. The van der Waals surface area contributed by atoms with Crippen LogP contribution in [0, 0.1) is 5.92 Å². The van der Waals surface area contributed by atoms with E-state index < -0.39 is 0 Å². The molecule has 0 saturated carbocycles. The monoisotopic (exact) mass is 330 g/mol. The van der Waals surface area contributed by atoms with Crippen molar-refractivity contribution >= 4 is 17.5 Å². The molecular formula is C18H22N2O4. The summed E-state index contributed by atoms with van der Waals surface area (Å²) in [4.78, 5) is 23.8. The zero-order chi connectivity index (χ0) is 17.5. The van der Waals surface area contributed by atoms with Gasteiger partial charge in [0.05, 0.1) is 6.26 Å². The Bertz CT molecular complexity index is 680. The number of furan rings is 1.